The molecule has 4 aliphatic rings. The van der Waals surface area contributed by atoms with E-state index in [2.05, 4.69) is 18.7 Å². The van der Waals surface area contributed by atoms with Gasteiger partial charge in [-0.25, -0.2) is 0 Å². The average Bonchev–Trinajstić information content (AvgIpc) is 3.52. The fraction of sp³-hybridized carbons (Fsp3) is 0.936. The smallest absolute Gasteiger partial charge is 0.311 e. The van der Waals surface area contributed by atoms with Crippen molar-refractivity contribution in [3.8, 4) is 0 Å². The molecule has 0 spiro atoms. The Morgan fingerprint density at radius 2 is 1.53 bits per heavy atom. The zero-order valence-electron chi connectivity index (χ0n) is 39.5. The van der Waals surface area contributed by atoms with E-state index in [9.17, 15) is 25.2 Å². The molecule has 4 heterocycles. The molecule has 0 amide bonds. The van der Waals surface area contributed by atoms with Crippen molar-refractivity contribution in [3.05, 3.63) is 11.3 Å². The van der Waals surface area contributed by atoms with Gasteiger partial charge < -0.3 is 53.6 Å². The summed E-state index contributed by atoms with van der Waals surface area (Å²) in [6.07, 6.45) is 1.86. The number of hydrogen-bond donors (Lipinski definition) is 4. The third-order valence-electron chi connectivity index (χ3n) is 14.3. The molecular formula is C47H85NO12. The predicted molar refractivity (Wildman–Crippen MR) is 230 cm³/mol. The Hall–Kier alpha value is -1.39. The van der Waals surface area contributed by atoms with Crippen LogP contribution in [-0.2, 0) is 38.0 Å². The first-order chi connectivity index (χ1) is 28.2. The van der Waals surface area contributed by atoms with Crippen LogP contribution in [0.4, 0.5) is 0 Å². The van der Waals surface area contributed by atoms with Crippen LogP contribution in [0.3, 0.4) is 0 Å². The molecule has 60 heavy (non-hydrogen) atoms. The minimum Gasteiger partial charge on any atom is -0.488 e. The Bertz CT molecular complexity index is 1370. The number of unbranched alkanes of at least 4 members (excludes halogenated alkanes) is 6. The Morgan fingerprint density at radius 3 is 2.10 bits per heavy atom. The third kappa shape index (κ3) is 11.6. The van der Waals surface area contributed by atoms with E-state index in [4.69, 9.17) is 33.2 Å². The molecule has 0 aromatic carbocycles. The molecule has 13 heteroatoms. The summed E-state index contributed by atoms with van der Waals surface area (Å²) in [6, 6.07) is -0.183. The Kier molecular flexibility index (Phi) is 18.8. The van der Waals surface area contributed by atoms with Gasteiger partial charge in [-0.2, -0.15) is 0 Å². The minimum atomic E-state index is -1.83. The first kappa shape index (κ1) is 51.2. The van der Waals surface area contributed by atoms with E-state index in [-0.39, 0.29) is 25.0 Å². The first-order valence-corrected chi connectivity index (χ1v) is 23.5. The molecule has 3 saturated heterocycles. The zero-order chi connectivity index (χ0) is 44.7. The number of carbonyl (C=O) groups excluding carboxylic acids is 1. The lowest BCUT2D eigenvalue weighted by atomic mass is 9.78. The van der Waals surface area contributed by atoms with Gasteiger partial charge in [-0.15, -0.1) is 0 Å². The van der Waals surface area contributed by atoms with Crippen LogP contribution >= 0.6 is 0 Å². The lowest BCUT2D eigenvalue weighted by Crippen LogP contribution is -2.61. The average molecular weight is 856 g/mol. The SMILES string of the molecule is CCCCCCN(CCCCCC)C1CC(C)O[C@@H](O[C@@H]2[C@@H](C)[C@H](O[C@H]3CC(C)(OC)[C@@H](O)C(C)O3)[C@@H](C)C(=O)O[C@@H]([C@](C)(O)[C@H](O)CC)[C@@H](C)C3=C(C)C[C@@]2(C)O3)C1O. The highest BCUT2D eigenvalue weighted by Crippen LogP contribution is 2.48. The van der Waals surface area contributed by atoms with Gasteiger partial charge in [0.15, 0.2) is 12.6 Å². The number of fused-ring (bicyclic) bond motifs is 2. The van der Waals surface area contributed by atoms with Gasteiger partial charge in [0, 0.05) is 31.9 Å². The molecule has 4 rings (SSSR count). The quantitative estimate of drug-likeness (QED) is 0.0794. The number of aliphatic hydroxyl groups excluding tert-OH is 3. The van der Waals surface area contributed by atoms with Crippen molar-refractivity contribution in [2.24, 2.45) is 17.8 Å². The van der Waals surface area contributed by atoms with Crippen molar-refractivity contribution in [1.82, 2.24) is 4.90 Å². The number of nitrogens with zero attached hydrogens (tertiary/aromatic N) is 1. The van der Waals surface area contributed by atoms with Crippen LogP contribution in [-0.4, -0.2) is 136 Å². The maximum atomic E-state index is 14.5. The van der Waals surface area contributed by atoms with Crippen molar-refractivity contribution < 1.29 is 58.4 Å². The van der Waals surface area contributed by atoms with Gasteiger partial charge in [0.25, 0.3) is 0 Å². The molecule has 5 unspecified atom stereocenters. The van der Waals surface area contributed by atoms with Crippen molar-refractivity contribution in [3.63, 3.8) is 0 Å². The largest absolute Gasteiger partial charge is 0.488 e. The Labute approximate surface area is 362 Å². The van der Waals surface area contributed by atoms with Crippen molar-refractivity contribution in [1.29, 1.82) is 0 Å². The monoisotopic (exact) mass is 856 g/mol. The molecule has 0 radical (unpaired) electrons. The highest BCUT2D eigenvalue weighted by molar-refractivity contribution is 5.73. The van der Waals surface area contributed by atoms with Gasteiger partial charge in [0.1, 0.15) is 41.4 Å². The van der Waals surface area contributed by atoms with Crippen LogP contribution in [0.15, 0.2) is 11.3 Å². The summed E-state index contributed by atoms with van der Waals surface area (Å²) >= 11 is 0. The van der Waals surface area contributed by atoms with Gasteiger partial charge >= 0.3 is 5.97 Å². The molecular weight excluding hydrogens is 771 g/mol. The second-order valence-electron chi connectivity index (χ2n) is 19.5. The van der Waals surface area contributed by atoms with E-state index >= 15 is 0 Å². The van der Waals surface area contributed by atoms with E-state index in [0.717, 1.165) is 57.2 Å². The summed E-state index contributed by atoms with van der Waals surface area (Å²) in [5, 5.41) is 46.4. The van der Waals surface area contributed by atoms with Crippen LogP contribution in [0.5, 0.6) is 0 Å². The molecule has 17 atom stereocenters. The van der Waals surface area contributed by atoms with Crippen LogP contribution < -0.4 is 0 Å². The number of cyclic esters (lactones) is 1. The lowest BCUT2D eigenvalue weighted by molar-refractivity contribution is -0.317. The molecule has 0 aliphatic carbocycles. The molecule has 4 aliphatic heterocycles. The first-order valence-electron chi connectivity index (χ1n) is 23.5. The zero-order valence-corrected chi connectivity index (χ0v) is 39.5. The minimum absolute atomic E-state index is 0.178. The second-order valence-corrected chi connectivity index (χ2v) is 19.5. The van der Waals surface area contributed by atoms with Crippen LogP contribution in [0, 0.1) is 17.8 Å². The topological polar surface area (TPSA) is 166 Å². The summed E-state index contributed by atoms with van der Waals surface area (Å²) in [6.45, 7) is 24.6. The van der Waals surface area contributed by atoms with Gasteiger partial charge in [-0.3, -0.25) is 9.69 Å². The number of esters is 1. The standard InChI is InChI=1S/C47H85NO12/c1-14-17-19-21-23-48(24-22-20-18-15-2)34-25-29(5)55-44(37(34)50)59-41-31(7)39(57-36-27-45(10,54-13)40(51)33(9)56-36)32(8)43(52)58-42(47(12,53)35(49)16-3)30(6)38-28(4)26-46(41,11)60-38/h29-37,39-42,44,49-51,53H,14-27H2,1-13H3/t29?,30-,31-,32+,33?,34?,35+,36-,37?,39-,40-,41+,42+,44-,45?,46+,47+/m0/s1. The third-order valence-corrected chi connectivity index (χ3v) is 14.3. The summed E-state index contributed by atoms with van der Waals surface area (Å²) in [5.41, 5.74) is -2.96. The number of methoxy groups -OCH3 is 1. The van der Waals surface area contributed by atoms with Crippen LogP contribution in [0.1, 0.15) is 160 Å². The number of hydrogen-bond acceptors (Lipinski definition) is 13. The molecule has 3 fully saturated rings. The van der Waals surface area contributed by atoms with Gasteiger partial charge in [-0.05, 0) is 92.8 Å². The molecule has 350 valence electrons. The number of rotatable bonds is 19. The second kappa shape index (κ2) is 22.0. The van der Waals surface area contributed by atoms with Crippen LogP contribution in [0.2, 0.25) is 0 Å². The summed E-state index contributed by atoms with van der Waals surface area (Å²) in [5.74, 6) is -2.24. The maximum Gasteiger partial charge on any atom is 0.311 e. The molecule has 4 N–H and O–H groups in total. The van der Waals surface area contributed by atoms with E-state index in [1.165, 1.54) is 19.8 Å². The number of aliphatic hydroxyl groups is 4. The molecule has 0 aromatic heterocycles. The van der Waals surface area contributed by atoms with E-state index < -0.39 is 95.8 Å². The summed E-state index contributed by atoms with van der Waals surface area (Å²) in [7, 11) is 1.54. The lowest BCUT2D eigenvalue weighted by Gasteiger charge is -2.49. The summed E-state index contributed by atoms with van der Waals surface area (Å²) < 4.78 is 46.0. The van der Waals surface area contributed by atoms with Gasteiger partial charge in [-0.1, -0.05) is 73.1 Å². The van der Waals surface area contributed by atoms with Gasteiger partial charge in [0.2, 0.25) is 0 Å². The number of carbonyl (C=O) groups is 1. The van der Waals surface area contributed by atoms with E-state index in [1.807, 2.05) is 41.5 Å². The Balaban J connectivity index is 1.79. The van der Waals surface area contributed by atoms with E-state index in [0.29, 0.717) is 18.6 Å². The van der Waals surface area contributed by atoms with Crippen LogP contribution in [0.25, 0.3) is 0 Å². The fourth-order valence-corrected chi connectivity index (χ4v) is 10.5. The van der Waals surface area contributed by atoms with E-state index in [1.54, 1.807) is 27.9 Å². The van der Waals surface area contributed by atoms with Gasteiger partial charge in [0.05, 0.1) is 41.9 Å². The summed E-state index contributed by atoms with van der Waals surface area (Å²) in [4.78, 5) is 17.0. The predicted octanol–water partition coefficient (Wildman–Crippen LogP) is 6.79. The van der Waals surface area contributed by atoms with Crippen molar-refractivity contribution in [2.45, 2.75) is 244 Å². The highest BCUT2D eigenvalue weighted by atomic mass is 16.7. The molecule has 2 bridgehead atoms. The Morgan fingerprint density at radius 1 is 0.917 bits per heavy atom. The van der Waals surface area contributed by atoms with Crippen molar-refractivity contribution >= 4 is 5.97 Å². The molecule has 0 aromatic rings. The normalized spacial score (nSPS) is 40.8. The molecule has 0 saturated carbocycles. The number of ether oxygens (including phenoxy) is 7. The maximum absolute atomic E-state index is 14.5. The molecule has 13 nitrogen and oxygen atoms in total. The van der Waals surface area contributed by atoms with Crippen molar-refractivity contribution in [2.75, 3.05) is 20.2 Å². The highest BCUT2D eigenvalue weighted by Gasteiger charge is 2.57. The fourth-order valence-electron chi connectivity index (χ4n) is 10.5.